The van der Waals surface area contributed by atoms with E-state index in [1.165, 1.54) is 25.7 Å². The maximum Gasteiger partial charge on any atom is 0.244 e. The number of amides is 1. The van der Waals surface area contributed by atoms with Crippen LogP contribution < -0.4 is 5.32 Å². The molecular formula is C14H23N3O. The molecule has 4 nitrogen and oxygen atoms in total. The molecule has 1 heterocycles. The Kier molecular flexibility index (Phi) is 4.39. The SMILES string of the molecule is Cc1ccnn1C(C)C(=O)NC1CCCCCC1. The number of aromatic nitrogens is 2. The van der Waals surface area contributed by atoms with Crippen molar-refractivity contribution in [2.45, 2.75) is 64.5 Å². The van der Waals surface area contributed by atoms with Gasteiger partial charge in [-0.2, -0.15) is 5.10 Å². The van der Waals surface area contributed by atoms with Crippen molar-refractivity contribution >= 4 is 5.91 Å². The van der Waals surface area contributed by atoms with Crippen molar-refractivity contribution in [3.63, 3.8) is 0 Å². The van der Waals surface area contributed by atoms with Gasteiger partial charge in [-0.15, -0.1) is 0 Å². The molecule has 1 atom stereocenters. The fourth-order valence-electron chi connectivity index (χ4n) is 2.64. The normalized spacial score (nSPS) is 19.2. The van der Waals surface area contributed by atoms with Gasteiger partial charge >= 0.3 is 0 Å². The first-order valence-corrected chi connectivity index (χ1v) is 6.99. The maximum atomic E-state index is 12.2. The quantitative estimate of drug-likeness (QED) is 0.837. The zero-order chi connectivity index (χ0) is 13.0. The van der Waals surface area contributed by atoms with Gasteiger partial charge in [-0.3, -0.25) is 9.48 Å². The Morgan fingerprint density at radius 2 is 2.06 bits per heavy atom. The van der Waals surface area contributed by atoms with Crippen LogP contribution >= 0.6 is 0 Å². The van der Waals surface area contributed by atoms with Gasteiger partial charge in [0.15, 0.2) is 0 Å². The van der Waals surface area contributed by atoms with Crippen LogP contribution in [0.2, 0.25) is 0 Å². The van der Waals surface area contributed by atoms with E-state index in [0.717, 1.165) is 18.5 Å². The van der Waals surface area contributed by atoms with Crippen LogP contribution in [0.4, 0.5) is 0 Å². The first-order chi connectivity index (χ1) is 8.68. The zero-order valence-electron chi connectivity index (χ0n) is 11.4. The molecule has 4 heteroatoms. The molecule has 0 radical (unpaired) electrons. The minimum absolute atomic E-state index is 0.0914. The van der Waals surface area contributed by atoms with Crippen LogP contribution in [0.15, 0.2) is 12.3 Å². The van der Waals surface area contributed by atoms with Gasteiger partial charge in [0.05, 0.1) is 0 Å². The minimum atomic E-state index is -0.219. The Balaban J connectivity index is 1.92. The summed E-state index contributed by atoms with van der Waals surface area (Å²) in [5.41, 5.74) is 1.03. The van der Waals surface area contributed by atoms with Crippen LogP contribution in [0.1, 0.15) is 57.2 Å². The number of carbonyl (C=O) groups excluding carboxylic acids is 1. The van der Waals surface area contributed by atoms with Crippen molar-refractivity contribution in [3.8, 4) is 0 Å². The molecule has 1 N–H and O–H groups in total. The van der Waals surface area contributed by atoms with Gasteiger partial charge < -0.3 is 5.32 Å². The maximum absolute atomic E-state index is 12.2. The van der Waals surface area contributed by atoms with E-state index in [2.05, 4.69) is 10.4 Å². The molecule has 0 spiro atoms. The topological polar surface area (TPSA) is 46.9 Å². The fraction of sp³-hybridized carbons (Fsp3) is 0.714. The summed E-state index contributed by atoms with van der Waals surface area (Å²) in [6.07, 6.45) is 9.07. The van der Waals surface area contributed by atoms with Gasteiger partial charge in [0.25, 0.3) is 0 Å². The Bertz CT molecular complexity index is 391. The van der Waals surface area contributed by atoms with E-state index in [1.807, 2.05) is 19.9 Å². The second-order valence-electron chi connectivity index (χ2n) is 5.29. The molecule has 1 unspecified atom stereocenters. The molecule has 1 saturated carbocycles. The molecule has 1 aromatic rings. The van der Waals surface area contributed by atoms with E-state index in [4.69, 9.17) is 0 Å². The Hall–Kier alpha value is -1.32. The van der Waals surface area contributed by atoms with Crippen LogP contribution in [-0.4, -0.2) is 21.7 Å². The summed E-state index contributed by atoms with van der Waals surface area (Å²) in [5, 5.41) is 7.38. The highest BCUT2D eigenvalue weighted by atomic mass is 16.2. The van der Waals surface area contributed by atoms with Gasteiger partial charge in [0, 0.05) is 17.9 Å². The minimum Gasteiger partial charge on any atom is -0.352 e. The molecule has 1 aromatic heterocycles. The molecule has 2 rings (SSSR count). The van der Waals surface area contributed by atoms with E-state index >= 15 is 0 Å². The summed E-state index contributed by atoms with van der Waals surface area (Å²) in [6.45, 7) is 3.88. The standard InChI is InChI=1S/C14H23N3O/c1-11-9-10-15-17(11)12(2)14(18)16-13-7-5-3-4-6-8-13/h9-10,12-13H,3-8H2,1-2H3,(H,16,18). The second kappa shape index (κ2) is 6.03. The van der Waals surface area contributed by atoms with Crippen molar-refractivity contribution in [2.75, 3.05) is 0 Å². The Morgan fingerprint density at radius 1 is 1.39 bits per heavy atom. The molecule has 0 aromatic carbocycles. The lowest BCUT2D eigenvalue weighted by molar-refractivity contribution is -0.125. The monoisotopic (exact) mass is 249 g/mol. The molecule has 1 amide bonds. The third-order valence-electron chi connectivity index (χ3n) is 3.82. The molecule has 18 heavy (non-hydrogen) atoms. The molecular weight excluding hydrogens is 226 g/mol. The highest BCUT2D eigenvalue weighted by Crippen LogP contribution is 2.18. The average molecular weight is 249 g/mol. The van der Waals surface area contributed by atoms with Crippen LogP contribution in [0, 0.1) is 6.92 Å². The van der Waals surface area contributed by atoms with Gasteiger partial charge in [0.1, 0.15) is 6.04 Å². The third-order valence-corrected chi connectivity index (χ3v) is 3.82. The van der Waals surface area contributed by atoms with E-state index in [1.54, 1.807) is 10.9 Å². The summed E-state index contributed by atoms with van der Waals surface area (Å²) in [4.78, 5) is 12.2. The van der Waals surface area contributed by atoms with Crippen molar-refractivity contribution in [3.05, 3.63) is 18.0 Å². The summed E-state index contributed by atoms with van der Waals surface area (Å²) >= 11 is 0. The van der Waals surface area contributed by atoms with Gasteiger partial charge in [-0.1, -0.05) is 25.7 Å². The largest absolute Gasteiger partial charge is 0.352 e. The van der Waals surface area contributed by atoms with E-state index in [0.29, 0.717) is 6.04 Å². The lowest BCUT2D eigenvalue weighted by atomic mass is 10.1. The lowest BCUT2D eigenvalue weighted by Crippen LogP contribution is -2.39. The van der Waals surface area contributed by atoms with Crippen LogP contribution in [0.3, 0.4) is 0 Å². The molecule has 1 aliphatic rings. The summed E-state index contributed by atoms with van der Waals surface area (Å²) in [6, 6.07) is 2.07. The molecule has 100 valence electrons. The molecule has 0 bridgehead atoms. The first kappa shape index (κ1) is 13.1. The highest BCUT2D eigenvalue weighted by molar-refractivity contribution is 5.80. The predicted octanol–water partition coefficient (Wildman–Crippen LogP) is 2.59. The third kappa shape index (κ3) is 3.12. The van der Waals surface area contributed by atoms with Crippen molar-refractivity contribution < 1.29 is 4.79 Å². The Morgan fingerprint density at radius 3 is 2.61 bits per heavy atom. The lowest BCUT2D eigenvalue weighted by Gasteiger charge is -2.20. The number of rotatable bonds is 3. The summed E-state index contributed by atoms with van der Waals surface area (Å²) in [7, 11) is 0. The summed E-state index contributed by atoms with van der Waals surface area (Å²) < 4.78 is 1.78. The summed E-state index contributed by atoms with van der Waals surface area (Å²) in [5.74, 6) is 0.0914. The smallest absolute Gasteiger partial charge is 0.244 e. The first-order valence-electron chi connectivity index (χ1n) is 6.99. The molecule has 1 aliphatic carbocycles. The number of nitrogens with zero attached hydrogens (tertiary/aromatic N) is 2. The van der Waals surface area contributed by atoms with E-state index in [9.17, 15) is 4.79 Å². The Labute approximate surface area is 109 Å². The molecule has 0 aliphatic heterocycles. The van der Waals surface area contributed by atoms with Crippen LogP contribution in [0.5, 0.6) is 0 Å². The number of hydrogen-bond donors (Lipinski definition) is 1. The number of nitrogens with one attached hydrogen (secondary N) is 1. The predicted molar refractivity (Wildman–Crippen MR) is 71.3 cm³/mol. The van der Waals surface area contributed by atoms with E-state index < -0.39 is 0 Å². The van der Waals surface area contributed by atoms with Gasteiger partial charge in [-0.25, -0.2) is 0 Å². The average Bonchev–Trinajstić information content (AvgIpc) is 2.62. The zero-order valence-corrected chi connectivity index (χ0v) is 11.4. The van der Waals surface area contributed by atoms with Crippen LogP contribution in [0.25, 0.3) is 0 Å². The second-order valence-corrected chi connectivity index (χ2v) is 5.29. The highest BCUT2D eigenvalue weighted by Gasteiger charge is 2.20. The van der Waals surface area contributed by atoms with Crippen molar-refractivity contribution in [1.29, 1.82) is 0 Å². The van der Waals surface area contributed by atoms with Crippen LogP contribution in [-0.2, 0) is 4.79 Å². The van der Waals surface area contributed by atoms with Gasteiger partial charge in [-0.05, 0) is 32.8 Å². The van der Waals surface area contributed by atoms with Gasteiger partial charge in [0.2, 0.25) is 5.91 Å². The molecule has 1 fully saturated rings. The van der Waals surface area contributed by atoms with Crippen molar-refractivity contribution in [1.82, 2.24) is 15.1 Å². The molecule has 0 saturated heterocycles. The van der Waals surface area contributed by atoms with E-state index in [-0.39, 0.29) is 11.9 Å². The van der Waals surface area contributed by atoms with Crippen molar-refractivity contribution in [2.24, 2.45) is 0 Å². The fourth-order valence-corrected chi connectivity index (χ4v) is 2.64. The number of carbonyl (C=O) groups is 1. The number of aryl methyl sites for hydroxylation is 1. The number of hydrogen-bond acceptors (Lipinski definition) is 2.